The number of hydrogen-bond acceptors (Lipinski definition) is 1. The van der Waals surface area contributed by atoms with Gasteiger partial charge in [0.25, 0.3) is 0 Å². The third kappa shape index (κ3) is 2.06. The number of thiophene rings is 1. The van der Waals surface area contributed by atoms with E-state index in [9.17, 15) is 0 Å². The van der Waals surface area contributed by atoms with E-state index in [0.717, 1.165) is 26.1 Å². The largest absolute Gasteiger partial charge is 0.111 e. The molecule has 2 rings (SSSR count). The monoisotopic (exact) mass is 298 g/mol. The normalized spacial score (nSPS) is 28.9. The van der Waals surface area contributed by atoms with E-state index in [4.69, 9.17) is 23.2 Å². The summed E-state index contributed by atoms with van der Waals surface area (Å²) in [5.41, 5.74) is 1.16. The van der Waals surface area contributed by atoms with Crippen molar-refractivity contribution in [1.82, 2.24) is 0 Å². The van der Waals surface area contributed by atoms with Gasteiger partial charge in [0.15, 0.2) is 0 Å². The fourth-order valence-corrected chi connectivity index (χ4v) is 4.46. The fraction of sp³-hybridized carbons (Fsp3) is 0.556. The Kier molecular flexibility index (Phi) is 2.95. The molecular weight excluding hydrogens is 291 g/mol. The van der Waals surface area contributed by atoms with E-state index in [-0.39, 0.29) is 0 Å². The molecule has 0 N–H and O–H groups in total. The molecule has 72 valence electrons. The molecule has 13 heavy (non-hydrogen) atoms. The third-order valence-corrected chi connectivity index (χ3v) is 5.22. The predicted octanol–water partition coefficient (Wildman–Crippen LogP) is 5.15. The maximum Gasteiger partial charge on any atom is 0.0987 e. The van der Waals surface area contributed by atoms with E-state index in [2.05, 4.69) is 22.9 Å². The summed E-state index contributed by atoms with van der Waals surface area (Å²) in [7, 11) is 0. The first-order valence-corrected chi connectivity index (χ1v) is 6.67. The van der Waals surface area contributed by atoms with Crippen molar-refractivity contribution < 1.29 is 0 Å². The fourth-order valence-electron chi connectivity index (χ4n) is 1.53. The highest BCUT2D eigenvalue weighted by Crippen LogP contribution is 2.53. The van der Waals surface area contributed by atoms with Crippen molar-refractivity contribution >= 4 is 50.5 Å². The van der Waals surface area contributed by atoms with Crippen molar-refractivity contribution in [3.63, 3.8) is 0 Å². The lowest BCUT2D eigenvalue weighted by molar-refractivity contribution is 0.742. The molecule has 1 aliphatic carbocycles. The summed E-state index contributed by atoms with van der Waals surface area (Å²) in [6.07, 6.45) is 1.29. The van der Waals surface area contributed by atoms with Gasteiger partial charge in [-0.2, -0.15) is 0 Å². The van der Waals surface area contributed by atoms with Crippen LogP contribution in [0.25, 0.3) is 0 Å². The third-order valence-electron chi connectivity index (χ3n) is 2.53. The molecule has 3 atom stereocenters. The Balaban J connectivity index is 2.19. The Hall–Kier alpha value is 0.760. The molecule has 3 unspecified atom stereocenters. The summed E-state index contributed by atoms with van der Waals surface area (Å²) in [6, 6.07) is 1.97. The second-order valence-electron chi connectivity index (χ2n) is 3.56. The van der Waals surface area contributed by atoms with Crippen LogP contribution in [0.1, 0.15) is 23.7 Å². The van der Waals surface area contributed by atoms with Gasteiger partial charge in [-0.25, -0.2) is 0 Å². The van der Waals surface area contributed by atoms with Gasteiger partial charge in [0, 0.05) is 4.83 Å². The van der Waals surface area contributed by atoms with Gasteiger partial charge in [-0.3, -0.25) is 0 Å². The Labute approximate surface area is 100 Å². The van der Waals surface area contributed by atoms with E-state index in [1.807, 2.05) is 6.07 Å². The van der Waals surface area contributed by atoms with Crippen molar-refractivity contribution in [1.29, 1.82) is 0 Å². The zero-order valence-electron chi connectivity index (χ0n) is 7.06. The van der Waals surface area contributed by atoms with Gasteiger partial charge in [0.2, 0.25) is 0 Å². The molecule has 0 nitrogen and oxygen atoms in total. The van der Waals surface area contributed by atoms with Crippen molar-refractivity contribution in [2.75, 3.05) is 0 Å². The molecule has 1 aliphatic rings. The predicted molar refractivity (Wildman–Crippen MR) is 63.3 cm³/mol. The van der Waals surface area contributed by atoms with Crippen LogP contribution in [-0.4, -0.2) is 0 Å². The van der Waals surface area contributed by atoms with Crippen LogP contribution in [0.2, 0.25) is 8.67 Å². The lowest BCUT2D eigenvalue weighted by atomic mass is 10.1. The van der Waals surface area contributed by atoms with Crippen LogP contribution in [-0.2, 0) is 0 Å². The smallest absolute Gasteiger partial charge is 0.0987 e. The van der Waals surface area contributed by atoms with Crippen LogP contribution in [0.5, 0.6) is 0 Å². The molecule has 1 fully saturated rings. The quantitative estimate of drug-likeness (QED) is 0.663. The van der Waals surface area contributed by atoms with Gasteiger partial charge in [-0.05, 0) is 29.9 Å². The molecule has 0 amide bonds. The molecule has 0 bridgehead atoms. The molecular formula is C9H9BrCl2S. The molecule has 0 radical (unpaired) electrons. The summed E-state index contributed by atoms with van der Waals surface area (Å²) in [6.45, 7) is 2.26. The maximum absolute atomic E-state index is 6.06. The number of alkyl halides is 1. The standard InChI is InChI=1S/C9H9BrCl2S/c1-4-2-5(4)8(10)6-3-7(11)13-9(6)12/h3-5,8H,2H2,1H3. The maximum atomic E-state index is 6.06. The van der Waals surface area contributed by atoms with Crippen molar-refractivity contribution in [3.8, 4) is 0 Å². The minimum absolute atomic E-state index is 0.388. The molecule has 0 aliphatic heterocycles. The number of hydrogen-bond donors (Lipinski definition) is 0. The Morgan fingerprint density at radius 3 is 2.62 bits per heavy atom. The molecule has 1 aromatic heterocycles. The first kappa shape index (κ1) is 10.3. The summed E-state index contributed by atoms with van der Waals surface area (Å²) in [5, 5.41) is 0. The molecule has 1 saturated carbocycles. The van der Waals surface area contributed by atoms with E-state index in [0.29, 0.717) is 4.83 Å². The van der Waals surface area contributed by atoms with Gasteiger partial charge in [-0.1, -0.05) is 46.1 Å². The molecule has 0 saturated heterocycles. The van der Waals surface area contributed by atoms with Crippen LogP contribution in [0.4, 0.5) is 0 Å². The SMILES string of the molecule is CC1CC1C(Br)c1cc(Cl)sc1Cl. The number of halogens is 3. The second-order valence-corrected chi connectivity index (χ2v) is 6.83. The summed E-state index contributed by atoms with van der Waals surface area (Å²) in [4.78, 5) is 0.388. The zero-order valence-corrected chi connectivity index (χ0v) is 11.0. The van der Waals surface area contributed by atoms with Crippen molar-refractivity contribution in [3.05, 3.63) is 20.3 Å². The Morgan fingerprint density at radius 1 is 1.62 bits per heavy atom. The van der Waals surface area contributed by atoms with Gasteiger partial charge in [0.1, 0.15) is 0 Å². The molecule has 4 heteroatoms. The Morgan fingerprint density at radius 2 is 2.23 bits per heavy atom. The second kappa shape index (κ2) is 3.73. The van der Waals surface area contributed by atoms with E-state index < -0.39 is 0 Å². The lowest BCUT2D eigenvalue weighted by Crippen LogP contribution is -1.91. The van der Waals surface area contributed by atoms with Crippen LogP contribution in [0.15, 0.2) is 6.07 Å². The van der Waals surface area contributed by atoms with Crippen LogP contribution >= 0.6 is 50.5 Å². The first-order valence-electron chi connectivity index (χ1n) is 4.18. The molecule has 0 aromatic carbocycles. The van der Waals surface area contributed by atoms with Gasteiger partial charge < -0.3 is 0 Å². The highest BCUT2D eigenvalue weighted by molar-refractivity contribution is 9.09. The molecule has 0 spiro atoms. The summed E-state index contributed by atoms with van der Waals surface area (Å²) in [5.74, 6) is 1.56. The van der Waals surface area contributed by atoms with E-state index >= 15 is 0 Å². The van der Waals surface area contributed by atoms with Gasteiger partial charge in [-0.15, -0.1) is 11.3 Å². The Bertz CT molecular complexity index is 323. The van der Waals surface area contributed by atoms with Crippen molar-refractivity contribution in [2.45, 2.75) is 18.2 Å². The average molecular weight is 300 g/mol. The van der Waals surface area contributed by atoms with Crippen molar-refractivity contribution in [2.24, 2.45) is 11.8 Å². The van der Waals surface area contributed by atoms with Gasteiger partial charge in [0.05, 0.1) is 8.67 Å². The van der Waals surface area contributed by atoms with E-state index in [1.54, 1.807) is 0 Å². The zero-order chi connectivity index (χ0) is 9.59. The minimum atomic E-state index is 0.388. The van der Waals surface area contributed by atoms with Gasteiger partial charge >= 0.3 is 0 Å². The van der Waals surface area contributed by atoms with Crippen LogP contribution in [0.3, 0.4) is 0 Å². The molecule has 1 aromatic rings. The highest BCUT2D eigenvalue weighted by atomic mass is 79.9. The first-order chi connectivity index (χ1) is 6.09. The highest BCUT2D eigenvalue weighted by Gasteiger charge is 2.39. The summed E-state index contributed by atoms with van der Waals surface area (Å²) < 4.78 is 1.60. The topological polar surface area (TPSA) is 0 Å². The van der Waals surface area contributed by atoms with Crippen LogP contribution < -0.4 is 0 Å². The molecule has 1 heterocycles. The van der Waals surface area contributed by atoms with Crippen LogP contribution in [0, 0.1) is 11.8 Å². The number of rotatable bonds is 2. The lowest BCUT2D eigenvalue weighted by Gasteiger charge is -2.06. The van der Waals surface area contributed by atoms with E-state index in [1.165, 1.54) is 17.8 Å². The minimum Gasteiger partial charge on any atom is -0.111 e. The average Bonchev–Trinajstić information content (AvgIpc) is 2.67. The summed E-state index contributed by atoms with van der Waals surface area (Å²) >= 11 is 17.1.